The Hall–Kier alpha value is -1.01. The van der Waals surface area contributed by atoms with Gasteiger partial charge in [-0.3, -0.25) is 5.41 Å². The number of aryl methyl sites for hydroxylation is 1. The zero-order chi connectivity index (χ0) is 13.8. The molecule has 0 unspecified atom stereocenters. The van der Waals surface area contributed by atoms with Gasteiger partial charge in [-0.15, -0.1) is 0 Å². The van der Waals surface area contributed by atoms with Gasteiger partial charge in [-0.2, -0.15) is 0 Å². The van der Waals surface area contributed by atoms with E-state index in [2.05, 4.69) is 0 Å². The highest BCUT2D eigenvalue weighted by Gasteiger charge is 2.48. The van der Waals surface area contributed by atoms with Gasteiger partial charge in [0.25, 0.3) is 0 Å². The third kappa shape index (κ3) is 2.07. The number of rotatable bonds is 1. The highest BCUT2D eigenvalue weighted by Crippen LogP contribution is 2.41. The van der Waals surface area contributed by atoms with Crippen LogP contribution in [0.5, 0.6) is 0 Å². The van der Waals surface area contributed by atoms with Crippen molar-refractivity contribution in [2.24, 2.45) is 0 Å². The number of hydrogen-bond acceptors (Lipinski definition) is 4. The quantitative estimate of drug-likeness (QED) is 0.860. The lowest BCUT2D eigenvalue weighted by atomic mass is 10.1. The van der Waals surface area contributed by atoms with E-state index in [1.54, 1.807) is 0 Å². The van der Waals surface area contributed by atoms with Gasteiger partial charge in [-0.25, -0.2) is 8.42 Å². The predicted molar refractivity (Wildman–Crippen MR) is 79.9 cm³/mol. The van der Waals surface area contributed by atoms with Crippen molar-refractivity contribution >= 4 is 32.5 Å². The Morgan fingerprint density at radius 2 is 2.05 bits per heavy atom. The van der Waals surface area contributed by atoms with Gasteiger partial charge in [0.15, 0.2) is 15.0 Å². The Morgan fingerprint density at radius 1 is 1.32 bits per heavy atom. The number of amidine groups is 1. The number of anilines is 1. The molecule has 1 aromatic carbocycles. The zero-order valence-electron chi connectivity index (χ0n) is 10.9. The normalized spacial score (nSPS) is 28.7. The molecule has 4 nitrogen and oxygen atoms in total. The Kier molecular flexibility index (Phi) is 2.90. The summed E-state index contributed by atoms with van der Waals surface area (Å²) in [5.41, 5.74) is 3.26. The van der Waals surface area contributed by atoms with E-state index in [-0.39, 0.29) is 22.8 Å². The average Bonchev–Trinajstić information content (AvgIpc) is 2.73. The second kappa shape index (κ2) is 4.24. The lowest BCUT2D eigenvalue weighted by Gasteiger charge is -2.26. The maximum Gasteiger partial charge on any atom is 0.161 e. The lowest BCUT2D eigenvalue weighted by molar-refractivity contribution is 0.601. The Labute approximate surface area is 117 Å². The topological polar surface area (TPSA) is 61.2 Å². The fourth-order valence-electron chi connectivity index (χ4n) is 2.79. The minimum atomic E-state index is -2.95. The Bertz CT molecular complexity index is 655. The molecule has 0 aromatic heterocycles. The van der Waals surface area contributed by atoms with Crippen molar-refractivity contribution < 1.29 is 8.42 Å². The van der Waals surface area contributed by atoms with Crippen LogP contribution in [0.15, 0.2) is 18.2 Å². The first-order chi connectivity index (χ1) is 8.89. The van der Waals surface area contributed by atoms with Gasteiger partial charge < -0.3 is 4.90 Å². The maximum atomic E-state index is 11.8. The van der Waals surface area contributed by atoms with Crippen molar-refractivity contribution in [1.29, 1.82) is 5.41 Å². The molecule has 6 heteroatoms. The molecule has 102 valence electrons. The van der Waals surface area contributed by atoms with Crippen molar-refractivity contribution in [3.8, 4) is 0 Å². The summed E-state index contributed by atoms with van der Waals surface area (Å²) in [7, 11) is -2.95. The van der Waals surface area contributed by atoms with Gasteiger partial charge in [0.1, 0.15) is 0 Å². The maximum absolute atomic E-state index is 11.8. The van der Waals surface area contributed by atoms with Crippen LogP contribution in [-0.4, -0.2) is 36.4 Å². The van der Waals surface area contributed by atoms with E-state index < -0.39 is 9.84 Å². The summed E-state index contributed by atoms with van der Waals surface area (Å²) in [6, 6.07) is 5.90. The zero-order valence-corrected chi connectivity index (χ0v) is 12.5. The van der Waals surface area contributed by atoms with Crippen LogP contribution >= 0.6 is 11.8 Å². The molecule has 0 radical (unpaired) electrons. The molecule has 2 heterocycles. The van der Waals surface area contributed by atoms with Crippen LogP contribution in [-0.2, 0) is 9.84 Å². The molecule has 0 amide bonds. The molecule has 0 spiro atoms. The summed E-state index contributed by atoms with van der Waals surface area (Å²) in [4.78, 5) is 1.90. The van der Waals surface area contributed by atoms with E-state index in [1.807, 2.05) is 36.9 Å². The summed E-state index contributed by atoms with van der Waals surface area (Å²) in [5, 5.41) is 8.61. The molecule has 0 saturated carbocycles. The molecule has 19 heavy (non-hydrogen) atoms. The van der Waals surface area contributed by atoms with Gasteiger partial charge in [0.05, 0.1) is 17.5 Å². The van der Waals surface area contributed by atoms with Crippen molar-refractivity contribution in [2.75, 3.05) is 16.4 Å². The number of thioether (sulfide) groups is 1. The van der Waals surface area contributed by atoms with Gasteiger partial charge >= 0.3 is 0 Å². The van der Waals surface area contributed by atoms with Crippen LogP contribution in [0.4, 0.5) is 5.69 Å². The fourth-order valence-corrected chi connectivity index (χ4v) is 6.57. The summed E-state index contributed by atoms with van der Waals surface area (Å²) in [6.07, 6.45) is 0. The van der Waals surface area contributed by atoms with Crippen molar-refractivity contribution in [3.63, 3.8) is 0 Å². The average molecular weight is 296 g/mol. The van der Waals surface area contributed by atoms with Gasteiger partial charge in [0, 0.05) is 10.9 Å². The number of nitrogens with one attached hydrogen (secondary N) is 1. The standard InChI is InChI=1S/C13H16N2O2S2/c1-8-4-3-5-10(9(8)2)15-11-6-19(16,17)7-12(11)18-13(15)14/h3-5,11-12,14H,6-7H2,1-2H3/t11-,12-/m0/s1. The second-order valence-corrected chi connectivity index (χ2v) is 8.58. The Morgan fingerprint density at radius 3 is 2.79 bits per heavy atom. The first-order valence-corrected chi connectivity index (χ1v) is 8.90. The predicted octanol–water partition coefficient (Wildman–Crippen LogP) is 1.96. The van der Waals surface area contributed by atoms with Gasteiger partial charge in [-0.1, -0.05) is 23.9 Å². The molecule has 0 aliphatic carbocycles. The van der Waals surface area contributed by atoms with Crippen LogP contribution in [0, 0.1) is 19.3 Å². The number of nitrogens with zero attached hydrogens (tertiary/aromatic N) is 1. The number of sulfone groups is 1. The Balaban J connectivity index is 2.05. The summed E-state index contributed by atoms with van der Waals surface area (Å²) in [5.74, 6) is 0.368. The van der Waals surface area contributed by atoms with Crippen LogP contribution in [0.1, 0.15) is 11.1 Å². The fraction of sp³-hybridized carbons (Fsp3) is 0.462. The number of hydrogen-bond donors (Lipinski definition) is 1. The lowest BCUT2D eigenvalue weighted by Crippen LogP contribution is -2.37. The molecule has 3 rings (SSSR count). The van der Waals surface area contributed by atoms with E-state index in [1.165, 1.54) is 17.3 Å². The van der Waals surface area contributed by atoms with Crippen LogP contribution < -0.4 is 4.90 Å². The van der Waals surface area contributed by atoms with Crippen LogP contribution in [0.25, 0.3) is 0 Å². The number of fused-ring (bicyclic) bond motifs is 1. The summed E-state index contributed by atoms with van der Waals surface area (Å²) >= 11 is 1.39. The molecular formula is C13H16N2O2S2. The monoisotopic (exact) mass is 296 g/mol. The SMILES string of the molecule is Cc1cccc(N2C(=N)S[C@H]3CS(=O)(=O)C[C@@H]32)c1C. The highest BCUT2D eigenvalue weighted by molar-refractivity contribution is 8.15. The van der Waals surface area contributed by atoms with Gasteiger partial charge in [-0.05, 0) is 31.0 Å². The molecule has 2 aliphatic rings. The third-order valence-electron chi connectivity index (χ3n) is 3.92. The molecule has 1 aromatic rings. The minimum Gasteiger partial charge on any atom is -0.316 e. The van der Waals surface area contributed by atoms with E-state index in [4.69, 9.17) is 5.41 Å². The van der Waals surface area contributed by atoms with Crippen molar-refractivity contribution in [3.05, 3.63) is 29.3 Å². The van der Waals surface area contributed by atoms with E-state index in [0.717, 1.165) is 11.3 Å². The first kappa shape index (κ1) is 13.0. The second-order valence-electron chi connectivity index (χ2n) is 5.19. The third-order valence-corrected chi connectivity index (χ3v) is 7.05. The number of benzene rings is 1. The van der Waals surface area contributed by atoms with Crippen LogP contribution in [0.3, 0.4) is 0 Å². The molecule has 0 bridgehead atoms. The van der Waals surface area contributed by atoms with Crippen molar-refractivity contribution in [2.45, 2.75) is 25.1 Å². The molecule has 2 saturated heterocycles. The van der Waals surface area contributed by atoms with E-state index in [9.17, 15) is 8.42 Å². The summed E-state index contributed by atoms with van der Waals surface area (Å²) < 4.78 is 23.5. The minimum absolute atomic E-state index is 0.0115. The molecule has 1 N–H and O–H groups in total. The van der Waals surface area contributed by atoms with Crippen LogP contribution in [0.2, 0.25) is 0 Å². The van der Waals surface area contributed by atoms with E-state index >= 15 is 0 Å². The smallest absolute Gasteiger partial charge is 0.161 e. The molecule has 2 atom stereocenters. The largest absolute Gasteiger partial charge is 0.316 e. The molecule has 2 aliphatic heterocycles. The molecular weight excluding hydrogens is 280 g/mol. The molecule has 2 fully saturated rings. The van der Waals surface area contributed by atoms with Crippen molar-refractivity contribution in [1.82, 2.24) is 0 Å². The highest BCUT2D eigenvalue weighted by atomic mass is 32.2. The van der Waals surface area contributed by atoms with Gasteiger partial charge in [0.2, 0.25) is 0 Å². The first-order valence-electron chi connectivity index (χ1n) is 6.20. The summed E-state index contributed by atoms with van der Waals surface area (Å²) in [6.45, 7) is 4.06. The van der Waals surface area contributed by atoms with E-state index in [0.29, 0.717) is 5.17 Å².